The number of aliphatic hydroxyl groups excluding tert-OH is 1. The molecule has 0 aliphatic heterocycles. The number of hydrogen-bond donors (Lipinski definition) is 4. The van der Waals surface area contributed by atoms with Crippen LogP contribution in [0.1, 0.15) is 17.4 Å². The van der Waals surface area contributed by atoms with E-state index in [-0.39, 0.29) is 18.1 Å². The fourth-order valence-electron chi connectivity index (χ4n) is 3.78. The van der Waals surface area contributed by atoms with E-state index in [0.717, 1.165) is 5.56 Å². The van der Waals surface area contributed by atoms with Gasteiger partial charge in [0, 0.05) is 0 Å². The fraction of sp³-hybridized carbons (Fsp3) is 0.136. The molecule has 3 heterocycles. The van der Waals surface area contributed by atoms with E-state index in [2.05, 4.69) is 25.3 Å². The minimum atomic E-state index is -0.770. The van der Waals surface area contributed by atoms with E-state index in [0.29, 0.717) is 39.4 Å². The van der Waals surface area contributed by atoms with Gasteiger partial charge in [-0.15, -0.1) is 0 Å². The minimum absolute atomic E-state index is 0.0336. The SMILES string of the molecule is Cc1cccc2nc(C(CO)Nc3nc(N)nc4nc[nH]c34)n(-c3ccccc3)c(=O)c12. The van der Waals surface area contributed by atoms with E-state index < -0.39 is 6.04 Å². The number of nitrogens with zero attached hydrogens (tertiary/aromatic N) is 5. The Bertz CT molecular complexity index is 1490. The normalized spacial score (nSPS) is 12.3. The summed E-state index contributed by atoms with van der Waals surface area (Å²) in [7, 11) is 0. The lowest BCUT2D eigenvalue weighted by Crippen LogP contribution is -2.30. The molecule has 5 aromatic rings. The summed E-state index contributed by atoms with van der Waals surface area (Å²) in [6.45, 7) is 1.52. The van der Waals surface area contributed by atoms with E-state index in [9.17, 15) is 9.90 Å². The van der Waals surface area contributed by atoms with E-state index in [1.165, 1.54) is 10.9 Å². The number of benzene rings is 2. The second-order valence-corrected chi connectivity index (χ2v) is 7.33. The summed E-state index contributed by atoms with van der Waals surface area (Å²) >= 11 is 0. The molecule has 5 N–H and O–H groups in total. The second kappa shape index (κ2) is 7.75. The van der Waals surface area contributed by atoms with Crippen LogP contribution in [0.4, 0.5) is 11.8 Å². The van der Waals surface area contributed by atoms with E-state index in [1.807, 2.05) is 49.4 Å². The van der Waals surface area contributed by atoms with Crippen LogP contribution >= 0.6 is 0 Å². The molecule has 0 bridgehead atoms. The summed E-state index contributed by atoms with van der Waals surface area (Å²) in [5, 5.41) is 14.0. The summed E-state index contributed by atoms with van der Waals surface area (Å²) in [5.74, 6) is 0.722. The average molecular weight is 428 g/mol. The number of hydrogen-bond acceptors (Lipinski definition) is 8. The molecule has 10 nitrogen and oxygen atoms in total. The van der Waals surface area contributed by atoms with Crippen molar-refractivity contribution in [2.24, 2.45) is 0 Å². The lowest BCUT2D eigenvalue weighted by atomic mass is 10.1. The van der Waals surface area contributed by atoms with Crippen molar-refractivity contribution in [3.8, 4) is 5.69 Å². The quantitative estimate of drug-likeness (QED) is 0.333. The van der Waals surface area contributed by atoms with Crippen LogP contribution in [0.2, 0.25) is 0 Å². The van der Waals surface area contributed by atoms with Gasteiger partial charge in [-0.3, -0.25) is 9.36 Å². The standard InChI is InChI=1S/C22H20N8O2/c1-12-6-5-9-14-16(12)21(32)30(13-7-3-2-4-8-13)20(27-14)15(10-31)26-19-17-18(25-11-24-17)28-22(23)29-19/h2-9,11,15,31H,10H2,1H3,(H4,23,24,25,26,28,29). The number of imidazole rings is 1. The van der Waals surface area contributed by atoms with Crippen molar-refractivity contribution in [2.75, 3.05) is 17.7 Å². The molecule has 32 heavy (non-hydrogen) atoms. The summed E-state index contributed by atoms with van der Waals surface area (Å²) in [6, 6.07) is 13.9. The first-order chi connectivity index (χ1) is 15.6. The van der Waals surface area contributed by atoms with Gasteiger partial charge in [-0.1, -0.05) is 30.3 Å². The summed E-state index contributed by atoms with van der Waals surface area (Å²) in [6.07, 6.45) is 1.48. The molecule has 0 aliphatic carbocycles. The highest BCUT2D eigenvalue weighted by molar-refractivity contribution is 5.84. The minimum Gasteiger partial charge on any atom is -0.394 e. The summed E-state index contributed by atoms with van der Waals surface area (Å²) < 4.78 is 1.51. The van der Waals surface area contributed by atoms with Gasteiger partial charge in [-0.05, 0) is 30.7 Å². The first-order valence-corrected chi connectivity index (χ1v) is 9.98. The Hall–Kier alpha value is -4.31. The average Bonchev–Trinajstić information content (AvgIpc) is 3.26. The smallest absolute Gasteiger partial charge is 0.266 e. The molecule has 0 amide bonds. The molecular weight excluding hydrogens is 408 g/mol. The molecule has 10 heteroatoms. The molecule has 0 saturated carbocycles. The van der Waals surface area contributed by atoms with Crippen LogP contribution < -0.4 is 16.6 Å². The Kier molecular flexibility index (Phi) is 4.75. The zero-order valence-electron chi connectivity index (χ0n) is 17.1. The fourth-order valence-corrected chi connectivity index (χ4v) is 3.78. The highest BCUT2D eigenvalue weighted by Crippen LogP contribution is 2.25. The van der Waals surface area contributed by atoms with Gasteiger partial charge in [0.2, 0.25) is 5.95 Å². The number of nitrogen functional groups attached to an aromatic ring is 1. The molecule has 160 valence electrons. The van der Waals surface area contributed by atoms with Gasteiger partial charge in [0.25, 0.3) is 5.56 Å². The van der Waals surface area contributed by atoms with Crippen LogP contribution in [0, 0.1) is 6.92 Å². The Morgan fingerprint density at radius 2 is 1.94 bits per heavy atom. The third-order valence-electron chi connectivity index (χ3n) is 5.25. The van der Waals surface area contributed by atoms with Gasteiger partial charge in [-0.25, -0.2) is 9.97 Å². The van der Waals surface area contributed by atoms with Crippen LogP contribution in [0.5, 0.6) is 0 Å². The maximum atomic E-state index is 13.6. The number of fused-ring (bicyclic) bond motifs is 2. The Balaban J connectivity index is 1.74. The number of nitrogens with one attached hydrogen (secondary N) is 2. The summed E-state index contributed by atoms with van der Waals surface area (Å²) in [4.78, 5) is 33.8. The number of nitrogens with two attached hydrogens (primary N) is 1. The van der Waals surface area contributed by atoms with E-state index in [4.69, 9.17) is 10.7 Å². The largest absolute Gasteiger partial charge is 0.394 e. The van der Waals surface area contributed by atoms with Crippen molar-refractivity contribution in [3.05, 3.63) is 76.6 Å². The molecule has 0 saturated heterocycles. The monoisotopic (exact) mass is 428 g/mol. The van der Waals surface area contributed by atoms with Crippen LogP contribution in [-0.4, -0.2) is 41.2 Å². The maximum Gasteiger partial charge on any atom is 0.266 e. The molecule has 3 aromatic heterocycles. The van der Waals surface area contributed by atoms with Crippen molar-refractivity contribution in [1.82, 2.24) is 29.5 Å². The molecule has 1 unspecified atom stereocenters. The number of rotatable bonds is 5. The van der Waals surface area contributed by atoms with Gasteiger partial charge in [0.05, 0.1) is 29.5 Å². The highest BCUT2D eigenvalue weighted by atomic mass is 16.3. The van der Waals surface area contributed by atoms with Crippen molar-refractivity contribution in [1.29, 1.82) is 0 Å². The van der Waals surface area contributed by atoms with Crippen molar-refractivity contribution >= 4 is 33.8 Å². The van der Waals surface area contributed by atoms with Crippen LogP contribution in [0.3, 0.4) is 0 Å². The Morgan fingerprint density at radius 1 is 1.12 bits per heavy atom. The van der Waals surface area contributed by atoms with Crippen LogP contribution in [0.15, 0.2) is 59.7 Å². The molecule has 0 radical (unpaired) electrons. The number of aromatic nitrogens is 6. The number of aromatic amines is 1. The molecular formula is C22H20N8O2. The molecule has 2 aromatic carbocycles. The highest BCUT2D eigenvalue weighted by Gasteiger charge is 2.23. The third kappa shape index (κ3) is 3.22. The lowest BCUT2D eigenvalue weighted by Gasteiger charge is -2.22. The topological polar surface area (TPSA) is 148 Å². The molecule has 1 atom stereocenters. The molecule has 0 aliphatic rings. The zero-order chi connectivity index (χ0) is 22.2. The second-order valence-electron chi connectivity index (χ2n) is 7.33. The van der Waals surface area contributed by atoms with Gasteiger partial charge in [0.15, 0.2) is 11.5 Å². The van der Waals surface area contributed by atoms with Gasteiger partial charge >= 0.3 is 0 Å². The van der Waals surface area contributed by atoms with Crippen molar-refractivity contribution in [2.45, 2.75) is 13.0 Å². The first-order valence-electron chi connectivity index (χ1n) is 9.98. The van der Waals surface area contributed by atoms with E-state index >= 15 is 0 Å². The molecule has 0 fully saturated rings. The van der Waals surface area contributed by atoms with Gasteiger partial charge in [0.1, 0.15) is 17.4 Å². The van der Waals surface area contributed by atoms with Crippen LogP contribution in [-0.2, 0) is 0 Å². The first kappa shape index (κ1) is 19.6. The number of aliphatic hydroxyl groups is 1. The zero-order valence-corrected chi connectivity index (χ0v) is 17.1. The van der Waals surface area contributed by atoms with Crippen molar-refractivity contribution < 1.29 is 5.11 Å². The predicted molar refractivity (Wildman–Crippen MR) is 122 cm³/mol. The third-order valence-corrected chi connectivity index (χ3v) is 5.25. The number of anilines is 2. The summed E-state index contributed by atoms with van der Waals surface area (Å²) in [5.41, 5.74) is 8.54. The predicted octanol–water partition coefficient (Wildman–Crippen LogP) is 2.09. The number of H-pyrrole nitrogens is 1. The van der Waals surface area contributed by atoms with Crippen molar-refractivity contribution in [3.63, 3.8) is 0 Å². The van der Waals surface area contributed by atoms with Gasteiger partial charge < -0.3 is 21.1 Å². The van der Waals surface area contributed by atoms with E-state index in [1.54, 1.807) is 6.07 Å². The lowest BCUT2D eigenvalue weighted by molar-refractivity contribution is 0.270. The van der Waals surface area contributed by atoms with Gasteiger partial charge in [-0.2, -0.15) is 9.97 Å². The number of para-hydroxylation sites is 1. The molecule has 0 spiro atoms. The number of aryl methyl sites for hydroxylation is 1. The Labute approximate surface area is 181 Å². The maximum absolute atomic E-state index is 13.6. The molecule has 5 rings (SSSR count). The van der Waals surface area contributed by atoms with Crippen LogP contribution in [0.25, 0.3) is 27.8 Å². The Morgan fingerprint density at radius 3 is 2.72 bits per heavy atom.